The molecule has 0 saturated heterocycles. The van der Waals surface area contributed by atoms with Crippen molar-refractivity contribution in [3.05, 3.63) is 71.8 Å². The first kappa shape index (κ1) is 18.4. The summed E-state index contributed by atoms with van der Waals surface area (Å²) in [4.78, 5) is 8.84. The van der Waals surface area contributed by atoms with Crippen LogP contribution in [-0.2, 0) is 10.3 Å². The predicted molar refractivity (Wildman–Crippen MR) is 110 cm³/mol. The standard InChI is InChI=1S/C23H20FN3O3/c1-2-8-28-21-10-17-20(11-18(21)24)30-19-6-5-14(15-4-3-7-26-12-15)9-16(19)23(17)13-29-22(25)27-23/h3-7,9-12H,2,8,13H2,1H3,(H2,25,27)/t23-/m1/s1. The lowest BCUT2D eigenvalue weighted by atomic mass is 9.80. The molecule has 0 bridgehead atoms. The van der Waals surface area contributed by atoms with Gasteiger partial charge < -0.3 is 19.9 Å². The number of ether oxygens (including phenoxy) is 3. The number of aromatic nitrogens is 1. The van der Waals surface area contributed by atoms with Crippen molar-refractivity contribution in [2.75, 3.05) is 13.2 Å². The molecule has 5 rings (SSSR count). The van der Waals surface area contributed by atoms with E-state index in [1.54, 1.807) is 18.5 Å². The number of nitrogens with zero attached hydrogens (tertiary/aromatic N) is 2. The summed E-state index contributed by atoms with van der Waals surface area (Å²) in [6.45, 7) is 2.57. The molecule has 1 spiro atoms. The summed E-state index contributed by atoms with van der Waals surface area (Å²) in [5, 5.41) is 0. The Labute approximate surface area is 173 Å². The van der Waals surface area contributed by atoms with Crippen molar-refractivity contribution in [3.63, 3.8) is 0 Å². The van der Waals surface area contributed by atoms with E-state index in [-0.39, 0.29) is 18.4 Å². The molecule has 1 aromatic heterocycles. The zero-order valence-corrected chi connectivity index (χ0v) is 16.4. The van der Waals surface area contributed by atoms with Crippen LogP contribution in [0.3, 0.4) is 0 Å². The highest BCUT2D eigenvalue weighted by Crippen LogP contribution is 2.52. The maximum absolute atomic E-state index is 14.6. The highest BCUT2D eigenvalue weighted by molar-refractivity contribution is 5.78. The van der Waals surface area contributed by atoms with Gasteiger partial charge in [-0.05, 0) is 36.2 Å². The van der Waals surface area contributed by atoms with Gasteiger partial charge in [0.25, 0.3) is 6.02 Å². The van der Waals surface area contributed by atoms with Crippen molar-refractivity contribution in [1.29, 1.82) is 0 Å². The van der Waals surface area contributed by atoms with E-state index < -0.39 is 11.4 Å². The third-order valence-corrected chi connectivity index (χ3v) is 5.31. The Morgan fingerprint density at radius 2 is 2.00 bits per heavy atom. The van der Waals surface area contributed by atoms with Crippen molar-refractivity contribution in [2.24, 2.45) is 10.7 Å². The number of benzene rings is 2. The molecule has 0 unspecified atom stereocenters. The molecular weight excluding hydrogens is 385 g/mol. The van der Waals surface area contributed by atoms with Crippen molar-refractivity contribution < 1.29 is 18.6 Å². The molecule has 0 fully saturated rings. The van der Waals surface area contributed by atoms with Gasteiger partial charge >= 0.3 is 0 Å². The fourth-order valence-corrected chi connectivity index (χ4v) is 3.89. The Balaban J connectivity index is 1.70. The molecule has 0 saturated carbocycles. The minimum absolute atomic E-state index is 0.0842. The van der Waals surface area contributed by atoms with Crippen LogP contribution in [0.15, 0.2) is 59.9 Å². The van der Waals surface area contributed by atoms with Gasteiger partial charge in [0.1, 0.15) is 18.1 Å². The smallest absolute Gasteiger partial charge is 0.283 e. The minimum Gasteiger partial charge on any atom is -0.491 e. The molecule has 0 amide bonds. The lowest BCUT2D eigenvalue weighted by Gasteiger charge is -2.34. The Bertz CT molecular complexity index is 1150. The molecule has 152 valence electrons. The fourth-order valence-electron chi connectivity index (χ4n) is 3.89. The van der Waals surface area contributed by atoms with Crippen LogP contribution in [0.5, 0.6) is 17.2 Å². The summed E-state index contributed by atoms with van der Waals surface area (Å²) in [6.07, 6.45) is 4.29. The number of fused-ring (bicyclic) bond motifs is 4. The van der Waals surface area contributed by atoms with E-state index >= 15 is 0 Å². The monoisotopic (exact) mass is 405 g/mol. The van der Waals surface area contributed by atoms with Crippen LogP contribution in [0.25, 0.3) is 11.1 Å². The van der Waals surface area contributed by atoms with Crippen LogP contribution in [0, 0.1) is 5.82 Å². The van der Waals surface area contributed by atoms with E-state index in [1.165, 1.54) is 6.07 Å². The molecule has 3 aromatic rings. The van der Waals surface area contributed by atoms with Crippen LogP contribution in [-0.4, -0.2) is 24.2 Å². The SMILES string of the molecule is CCCOc1cc2c(cc1F)Oc1ccc(-c3cccnc3)cc1[C@]21COC(N)=N1. The molecule has 1 atom stereocenters. The van der Waals surface area contributed by atoms with Crippen LogP contribution < -0.4 is 15.2 Å². The molecule has 2 aliphatic rings. The molecule has 2 N–H and O–H groups in total. The third kappa shape index (κ3) is 2.85. The normalized spacial score (nSPS) is 18.8. The van der Waals surface area contributed by atoms with Crippen molar-refractivity contribution >= 4 is 6.02 Å². The van der Waals surface area contributed by atoms with Gasteiger partial charge in [-0.2, -0.15) is 0 Å². The first-order chi connectivity index (χ1) is 14.6. The van der Waals surface area contributed by atoms with Crippen molar-refractivity contribution in [3.8, 4) is 28.4 Å². The van der Waals surface area contributed by atoms with Crippen LogP contribution in [0.4, 0.5) is 4.39 Å². The van der Waals surface area contributed by atoms with E-state index in [9.17, 15) is 4.39 Å². The molecule has 0 radical (unpaired) electrons. The highest BCUT2D eigenvalue weighted by atomic mass is 19.1. The number of rotatable bonds is 4. The van der Waals surface area contributed by atoms with Gasteiger partial charge in [0.15, 0.2) is 17.1 Å². The van der Waals surface area contributed by atoms with Gasteiger partial charge in [-0.25, -0.2) is 9.38 Å². The number of aliphatic imine (C=N–C) groups is 1. The first-order valence-electron chi connectivity index (χ1n) is 9.78. The lowest BCUT2D eigenvalue weighted by Crippen LogP contribution is -2.31. The number of nitrogens with two attached hydrogens (primary N) is 1. The summed E-state index contributed by atoms with van der Waals surface area (Å²) in [6, 6.07) is 12.7. The summed E-state index contributed by atoms with van der Waals surface area (Å²) in [5.41, 5.74) is 8.36. The Morgan fingerprint density at radius 1 is 1.13 bits per heavy atom. The Morgan fingerprint density at radius 3 is 2.73 bits per heavy atom. The van der Waals surface area contributed by atoms with Crippen molar-refractivity contribution in [2.45, 2.75) is 18.9 Å². The van der Waals surface area contributed by atoms with E-state index in [4.69, 9.17) is 19.9 Å². The van der Waals surface area contributed by atoms with Gasteiger partial charge in [0.2, 0.25) is 0 Å². The van der Waals surface area contributed by atoms with Crippen LogP contribution in [0.1, 0.15) is 24.5 Å². The van der Waals surface area contributed by atoms with Gasteiger partial charge in [0, 0.05) is 35.2 Å². The summed E-state index contributed by atoms with van der Waals surface area (Å²) in [7, 11) is 0. The first-order valence-corrected chi connectivity index (χ1v) is 9.78. The topological polar surface area (TPSA) is 79.0 Å². The molecule has 6 nitrogen and oxygen atoms in total. The minimum atomic E-state index is -0.941. The molecule has 30 heavy (non-hydrogen) atoms. The molecule has 7 heteroatoms. The average molecular weight is 405 g/mol. The fraction of sp³-hybridized carbons (Fsp3) is 0.217. The number of hydrogen-bond acceptors (Lipinski definition) is 6. The molecule has 3 heterocycles. The van der Waals surface area contributed by atoms with Crippen LogP contribution >= 0.6 is 0 Å². The van der Waals surface area contributed by atoms with Gasteiger partial charge in [-0.1, -0.05) is 19.1 Å². The van der Waals surface area contributed by atoms with E-state index in [2.05, 4.69) is 9.98 Å². The van der Waals surface area contributed by atoms with E-state index in [1.807, 2.05) is 37.3 Å². The predicted octanol–water partition coefficient (Wildman–Crippen LogP) is 4.37. The third-order valence-electron chi connectivity index (χ3n) is 5.31. The Hall–Kier alpha value is -3.61. The molecule has 2 aromatic carbocycles. The number of hydrogen-bond donors (Lipinski definition) is 1. The van der Waals surface area contributed by atoms with Crippen molar-refractivity contribution in [1.82, 2.24) is 4.98 Å². The summed E-state index contributed by atoms with van der Waals surface area (Å²) < 4.78 is 31.8. The number of halogens is 1. The van der Waals surface area contributed by atoms with Gasteiger partial charge in [-0.3, -0.25) is 4.98 Å². The largest absolute Gasteiger partial charge is 0.491 e. The second-order valence-corrected chi connectivity index (χ2v) is 7.28. The maximum atomic E-state index is 14.6. The number of pyridine rings is 1. The summed E-state index contributed by atoms with van der Waals surface area (Å²) in [5.74, 6) is 0.633. The zero-order chi connectivity index (χ0) is 20.7. The second-order valence-electron chi connectivity index (χ2n) is 7.28. The quantitative estimate of drug-likeness (QED) is 0.697. The van der Waals surface area contributed by atoms with Crippen LogP contribution in [0.2, 0.25) is 0 Å². The molecule has 2 aliphatic heterocycles. The lowest BCUT2D eigenvalue weighted by molar-refractivity contribution is 0.261. The number of amidine groups is 1. The molecule has 0 aliphatic carbocycles. The van der Waals surface area contributed by atoms with Gasteiger partial charge in [-0.15, -0.1) is 0 Å². The average Bonchev–Trinajstić information content (AvgIpc) is 3.15. The van der Waals surface area contributed by atoms with Gasteiger partial charge in [0.05, 0.1) is 6.61 Å². The van der Waals surface area contributed by atoms with E-state index in [0.29, 0.717) is 23.7 Å². The Kier molecular flexibility index (Phi) is 4.31. The highest BCUT2D eigenvalue weighted by Gasteiger charge is 2.47. The zero-order valence-electron chi connectivity index (χ0n) is 16.4. The maximum Gasteiger partial charge on any atom is 0.283 e. The molecular formula is C23H20FN3O3. The van der Waals surface area contributed by atoms with E-state index in [0.717, 1.165) is 23.1 Å². The second kappa shape index (κ2) is 7.02. The summed E-state index contributed by atoms with van der Waals surface area (Å²) >= 11 is 0.